The van der Waals surface area contributed by atoms with Crippen LogP contribution in [0.3, 0.4) is 0 Å². The van der Waals surface area contributed by atoms with E-state index in [1.807, 2.05) is 6.92 Å². The second kappa shape index (κ2) is 6.20. The van der Waals surface area contributed by atoms with Gasteiger partial charge in [-0.1, -0.05) is 17.7 Å². The van der Waals surface area contributed by atoms with Crippen molar-refractivity contribution in [2.45, 2.75) is 6.92 Å². The molecule has 0 fully saturated rings. The molecule has 0 aromatic heterocycles. The van der Waals surface area contributed by atoms with Gasteiger partial charge in [0.05, 0.1) is 27.2 Å². The van der Waals surface area contributed by atoms with Gasteiger partial charge >= 0.3 is 0 Å². The highest BCUT2D eigenvalue weighted by Crippen LogP contribution is 2.24. The lowest BCUT2D eigenvalue weighted by Crippen LogP contribution is -2.27. The minimum atomic E-state index is -1.01. The molecule has 0 aliphatic carbocycles. The normalized spacial score (nSPS) is 10.2. The van der Waals surface area contributed by atoms with Gasteiger partial charge in [-0.05, 0) is 19.1 Å². The molecular weight excluding hydrogens is 306 g/mol. The maximum Gasteiger partial charge on any atom is 0.282 e. The number of benzene rings is 2. The Hall–Kier alpha value is -3.33. The lowest BCUT2D eigenvalue weighted by atomic mass is 10.1. The monoisotopic (exact) mass is 317 g/mol. The topological polar surface area (TPSA) is 127 Å². The van der Waals surface area contributed by atoms with E-state index in [0.29, 0.717) is 0 Å². The Balaban J connectivity index is 2.43. The van der Waals surface area contributed by atoms with Crippen LogP contribution in [0.2, 0.25) is 0 Å². The summed E-state index contributed by atoms with van der Waals surface area (Å²) in [5.74, 6) is -1.01. The average molecular weight is 317 g/mol. The maximum absolute atomic E-state index is 12.2. The van der Waals surface area contributed by atoms with Gasteiger partial charge in [-0.3, -0.25) is 30.2 Å². The third-order valence-corrected chi connectivity index (χ3v) is 3.04. The number of hydrogen-bond acceptors (Lipinski definition) is 6. The number of hydroxylamine groups is 1. The Kier molecular flexibility index (Phi) is 4.32. The molecule has 0 aliphatic heterocycles. The average Bonchev–Trinajstić information content (AvgIpc) is 2.53. The number of nitro benzene ring substituents is 2. The molecule has 0 bridgehead atoms. The number of non-ortho nitro benzene ring substituents is 2. The highest BCUT2D eigenvalue weighted by atomic mass is 16.6. The van der Waals surface area contributed by atoms with Gasteiger partial charge < -0.3 is 0 Å². The Morgan fingerprint density at radius 1 is 1.00 bits per heavy atom. The third-order valence-electron chi connectivity index (χ3n) is 3.04. The summed E-state index contributed by atoms with van der Waals surface area (Å²) in [6.07, 6.45) is 0. The Labute approximate surface area is 129 Å². The third kappa shape index (κ3) is 3.47. The van der Waals surface area contributed by atoms with Crippen LogP contribution in [0.15, 0.2) is 42.5 Å². The van der Waals surface area contributed by atoms with Gasteiger partial charge in [-0.2, -0.15) is 5.06 Å². The number of nitro groups is 2. The molecule has 1 amide bonds. The molecular formula is C14H11N3O6. The van der Waals surface area contributed by atoms with E-state index in [1.54, 1.807) is 12.1 Å². The van der Waals surface area contributed by atoms with Gasteiger partial charge in [0.1, 0.15) is 0 Å². The maximum atomic E-state index is 12.2. The number of amides is 1. The molecule has 2 aromatic rings. The van der Waals surface area contributed by atoms with Crippen LogP contribution in [-0.4, -0.2) is 21.0 Å². The molecule has 0 atom stereocenters. The zero-order chi connectivity index (χ0) is 17.1. The van der Waals surface area contributed by atoms with Crippen molar-refractivity contribution in [1.82, 2.24) is 0 Å². The lowest BCUT2D eigenvalue weighted by Gasteiger charge is -2.15. The number of carbonyl (C=O) groups excluding carboxylic acids is 1. The number of nitrogens with zero attached hydrogens (tertiary/aromatic N) is 3. The minimum absolute atomic E-state index is 0.134. The summed E-state index contributed by atoms with van der Waals surface area (Å²) >= 11 is 0. The second-order valence-electron chi connectivity index (χ2n) is 4.70. The van der Waals surface area contributed by atoms with E-state index in [9.17, 15) is 30.2 Å². The predicted octanol–water partition coefficient (Wildman–Crippen LogP) is 2.85. The number of rotatable bonds is 4. The molecule has 0 radical (unpaired) electrons. The first kappa shape index (κ1) is 16.0. The molecule has 2 rings (SSSR count). The molecule has 0 heterocycles. The number of anilines is 1. The summed E-state index contributed by atoms with van der Waals surface area (Å²) in [6.45, 7) is 1.82. The Bertz CT molecular complexity index is 755. The van der Waals surface area contributed by atoms with E-state index in [4.69, 9.17) is 0 Å². The first-order valence-corrected chi connectivity index (χ1v) is 6.33. The highest BCUT2D eigenvalue weighted by molar-refractivity contribution is 6.05. The molecule has 0 unspecified atom stereocenters. The van der Waals surface area contributed by atoms with Crippen molar-refractivity contribution < 1.29 is 19.8 Å². The molecule has 2 aromatic carbocycles. The lowest BCUT2D eigenvalue weighted by molar-refractivity contribution is -0.394. The first-order valence-electron chi connectivity index (χ1n) is 6.33. The van der Waals surface area contributed by atoms with E-state index >= 15 is 0 Å². The molecule has 0 saturated carbocycles. The van der Waals surface area contributed by atoms with Gasteiger partial charge in [0.15, 0.2) is 0 Å². The first-order chi connectivity index (χ1) is 10.8. The second-order valence-corrected chi connectivity index (χ2v) is 4.70. The van der Waals surface area contributed by atoms with Crippen LogP contribution >= 0.6 is 0 Å². The van der Waals surface area contributed by atoms with E-state index in [-0.39, 0.29) is 16.3 Å². The van der Waals surface area contributed by atoms with Crippen molar-refractivity contribution in [2.24, 2.45) is 0 Å². The molecule has 1 N–H and O–H groups in total. The van der Waals surface area contributed by atoms with Crippen LogP contribution in [0.4, 0.5) is 17.1 Å². The van der Waals surface area contributed by atoms with Gasteiger partial charge in [-0.25, -0.2) is 0 Å². The summed E-state index contributed by atoms with van der Waals surface area (Å²) in [4.78, 5) is 32.2. The van der Waals surface area contributed by atoms with Crippen molar-refractivity contribution >= 4 is 23.0 Å². The van der Waals surface area contributed by atoms with Crippen LogP contribution in [0.1, 0.15) is 15.9 Å². The van der Waals surface area contributed by atoms with Crippen LogP contribution in [0, 0.1) is 27.2 Å². The summed E-state index contributed by atoms with van der Waals surface area (Å²) in [5.41, 5.74) is -0.552. The van der Waals surface area contributed by atoms with Crippen LogP contribution in [-0.2, 0) is 0 Å². The standard InChI is InChI=1S/C14H11N3O6/c1-9-2-4-11(5-3-9)15(19)14(18)10-6-12(16(20)21)8-13(7-10)17(22)23/h2-8,19H,1H3. The van der Waals surface area contributed by atoms with Crippen LogP contribution in [0.5, 0.6) is 0 Å². The van der Waals surface area contributed by atoms with Crippen molar-refractivity contribution in [2.75, 3.05) is 5.06 Å². The Morgan fingerprint density at radius 2 is 1.48 bits per heavy atom. The van der Waals surface area contributed by atoms with Gasteiger partial charge in [0.25, 0.3) is 17.3 Å². The number of carbonyl (C=O) groups is 1. The fourth-order valence-electron chi connectivity index (χ4n) is 1.85. The van der Waals surface area contributed by atoms with Gasteiger partial charge in [0, 0.05) is 12.1 Å². The molecule has 9 heteroatoms. The van der Waals surface area contributed by atoms with E-state index in [1.165, 1.54) is 12.1 Å². The van der Waals surface area contributed by atoms with E-state index < -0.39 is 27.1 Å². The zero-order valence-electron chi connectivity index (χ0n) is 11.9. The molecule has 9 nitrogen and oxygen atoms in total. The van der Waals surface area contributed by atoms with Crippen molar-refractivity contribution in [3.8, 4) is 0 Å². The summed E-state index contributed by atoms with van der Waals surface area (Å²) < 4.78 is 0. The number of hydrogen-bond donors (Lipinski definition) is 1. The number of aryl methyl sites for hydroxylation is 1. The van der Waals surface area contributed by atoms with Crippen LogP contribution < -0.4 is 5.06 Å². The molecule has 0 aliphatic rings. The van der Waals surface area contributed by atoms with E-state index in [0.717, 1.165) is 23.8 Å². The molecule has 118 valence electrons. The molecule has 0 spiro atoms. The van der Waals surface area contributed by atoms with Crippen molar-refractivity contribution in [3.63, 3.8) is 0 Å². The summed E-state index contributed by atoms with van der Waals surface area (Å²) in [5, 5.41) is 31.9. The highest BCUT2D eigenvalue weighted by Gasteiger charge is 2.23. The van der Waals surface area contributed by atoms with Gasteiger partial charge in [0.2, 0.25) is 0 Å². The quantitative estimate of drug-likeness (QED) is 0.524. The predicted molar refractivity (Wildman–Crippen MR) is 79.5 cm³/mol. The SMILES string of the molecule is Cc1ccc(N(O)C(=O)c2cc([N+](=O)[O-])cc([N+](=O)[O-])c2)cc1. The summed E-state index contributed by atoms with van der Waals surface area (Å²) in [7, 11) is 0. The molecule has 23 heavy (non-hydrogen) atoms. The Morgan fingerprint density at radius 3 is 1.91 bits per heavy atom. The molecule has 0 saturated heterocycles. The zero-order valence-corrected chi connectivity index (χ0v) is 11.9. The summed E-state index contributed by atoms with van der Waals surface area (Å²) in [6, 6.07) is 8.73. The van der Waals surface area contributed by atoms with Crippen LogP contribution in [0.25, 0.3) is 0 Å². The van der Waals surface area contributed by atoms with Crippen molar-refractivity contribution in [1.29, 1.82) is 0 Å². The van der Waals surface area contributed by atoms with Crippen molar-refractivity contribution in [3.05, 3.63) is 73.8 Å². The van der Waals surface area contributed by atoms with Gasteiger partial charge in [-0.15, -0.1) is 0 Å². The fourth-order valence-corrected chi connectivity index (χ4v) is 1.85. The van der Waals surface area contributed by atoms with E-state index in [2.05, 4.69) is 0 Å². The fraction of sp³-hybridized carbons (Fsp3) is 0.0714. The smallest absolute Gasteiger partial charge is 0.281 e. The largest absolute Gasteiger partial charge is 0.282 e. The minimum Gasteiger partial charge on any atom is -0.281 e.